The molecule has 0 radical (unpaired) electrons. The third-order valence-electron chi connectivity index (χ3n) is 6.49. The molecule has 2 saturated heterocycles. The Balaban J connectivity index is 1.42. The second-order valence-electron chi connectivity index (χ2n) is 8.88. The van der Waals surface area contributed by atoms with E-state index in [-0.39, 0.29) is 18.5 Å². The third-order valence-corrected chi connectivity index (χ3v) is 6.79. The van der Waals surface area contributed by atoms with Gasteiger partial charge in [-0.3, -0.25) is 9.69 Å². The minimum absolute atomic E-state index is 0.0776. The van der Waals surface area contributed by atoms with Crippen molar-refractivity contribution < 1.29 is 13.9 Å². The quantitative estimate of drug-likeness (QED) is 0.572. The number of pyridine rings is 1. The predicted molar refractivity (Wildman–Crippen MR) is 130 cm³/mol. The van der Waals surface area contributed by atoms with Crippen molar-refractivity contribution in [2.75, 3.05) is 56.7 Å². The standard InChI is InChI=1S/C25H32ClFN4O2/c26-23-16-29-24(30-25(32)20-4-2-9-31(17-20)10-8-27)14-22(23)19-3-1-5-21(13-19)28-15-18-6-11-33-12-7-18/h1,3,5,13-14,16,18,20,28H,2,4,6-12,15,17H2,(H,29,30,32). The zero-order valence-electron chi connectivity index (χ0n) is 18.9. The van der Waals surface area contributed by atoms with E-state index in [4.69, 9.17) is 16.3 Å². The van der Waals surface area contributed by atoms with Gasteiger partial charge in [0, 0.05) is 50.3 Å². The average molecular weight is 475 g/mol. The van der Waals surface area contributed by atoms with Crippen LogP contribution < -0.4 is 10.6 Å². The van der Waals surface area contributed by atoms with Crippen LogP contribution >= 0.6 is 11.6 Å². The van der Waals surface area contributed by atoms with Crippen molar-refractivity contribution in [2.24, 2.45) is 11.8 Å². The molecule has 1 aromatic carbocycles. The lowest BCUT2D eigenvalue weighted by Gasteiger charge is -2.31. The van der Waals surface area contributed by atoms with E-state index in [2.05, 4.69) is 21.7 Å². The number of aromatic nitrogens is 1. The number of piperidine rings is 1. The molecule has 1 aromatic heterocycles. The van der Waals surface area contributed by atoms with Crippen molar-refractivity contribution in [1.82, 2.24) is 9.88 Å². The highest BCUT2D eigenvalue weighted by Crippen LogP contribution is 2.31. The molecule has 0 spiro atoms. The van der Waals surface area contributed by atoms with Crippen LogP contribution in [-0.2, 0) is 9.53 Å². The number of amides is 1. The number of nitrogens with zero attached hydrogens (tertiary/aromatic N) is 2. The van der Waals surface area contributed by atoms with Crippen LogP contribution in [0.1, 0.15) is 25.7 Å². The molecule has 0 bridgehead atoms. The SMILES string of the molecule is O=C(Nc1cc(-c2cccc(NCC3CCOCC3)c2)c(Cl)cn1)C1CCCN(CCF)C1. The molecule has 2 aliphatic rings. The van der Waals surface area contributed by atoms with Gasteiger partial charge in [0.05, 0.1) is 10.9 Å². The number of alkyl halides is 1. The van der Waals surface area contributed by atoms with E-state index in [0.717, 1.165) is 68.8 Å². The summed E-state index contributed by atoms with van der Waals surface area (Å²) in [6.45, 7) is 4.00. The van der Waals surface area contributed by atoms with E-state index in [0.29, 0.717) is 29.8 Å². The summed E-state index contributed by atoms with van der Waals surface area (Å²) < 4.78 is 18.1. The number of ether oxygens (including phenoxy) is 1. The highest BCUT2D eigenvalue weighted by Gasteiger charge is 2.26. The maximum absolute atomic E-state index is 12.8. The van der Waals surface area contributed by atoms with Gasteiger partial charge in [0.2, 0.25) is 5.91 Å². The summed E-state index contributed by atoms with van der Waals surface area (Å²) in [7, 11) is 0. The second-order valence-corrected chi connectivity index (χ2v) is 9.29. The van der Waals surface area contributed by atoms with Gasteiger partial charge >= 0.3 is 0 Å². The number of nitrogens with one attached hydrogen (secondary N) is 2. The molecule has 1 atom stereocenters. The van der Waals surface area contributed by atoms with E-state index in [1.807, 2.05) is 29.2 Å². The summed E-state index contributed by atoms with van der Waals surface area (Å²) in [4.78, 5) is 19.1. The molecule has 8 heteroatoms. The van der Waals surface area contributed by atoms with Crippen molar-refractivity contribution >= 4 is 29.0 Å². The number of benzene rings is 1. The van der Waals surface area contributed by atoms with Crippen LogP contribution in [0, 0.1) is 11.8 Å². The Kier molecular flexibility index (Phi) is 8.53. The van der Waals surface area contributed by atoms with Gasteiger partial charge in [-0.15, -0.1) is 0 Å². The fourth-order valence-corrected chi connectivity index (χ4v) is 4.77. The van der Waals surface area contributed by atoms with Gasteiger partial charge in [-0.1, -0.05) is 23.7 Å². The van der Waals surface area contributed by atoms with E-state index >= 15 is 0 Å². The average Bonchev–Trinajstić information content (AvgIpc) is 2.85. The molecule has 0 saturated carbocycles. The first-order chi connectivity index (χ1) is 16.1. The molecular weight excluding hydrogens is 443 g/mol. The second kappa shape index (κ2) is 11.8. The van der Waals surface area contributed by atoms with E-state index in [9.17, 15) is 9.18 Å². The van der Waals surface area contributed by atoms with Crippen LogP contribution in [0.3, 0.4) is 0 Å². The number of carbonyl (C=O) groups excluding carboxylic acids is 1. The van der Waals surface area contributed by atoms with Gasteiger partial charge in [-0.2, -0.15) is 0 Å². The minimum atomic E-state index is -0.389. The van der Waals surface area contributed by atoms with Gasteiger partial charge in [-0.25, -0.2) is 9.37 Å². The number of halogens is 2. The molecule has 2 N–H and O–H groups in total. The normalized spacial score (nSPS) is 19.9. The van der Waals surface area contributed by atoms with Gasteiger partial charge in [-0.05, 0) is 61.9 Å². The lowest BCUT2D eigenvalue weighted by atomic mass is 9.97. The molecule has 33 heavy (non-hydrogen) atoms. The van der Waals surface area contributed by atoms with Crippen molar-refractivity contribution in [1.29, 1.82) is 0 Å². The number of likely N-dealkylation sites (tertiary alicyclic amines) is 1. The van der Waals surface area contributed by atoms with Crippen molar-refractivity contribution in [3.05, 3.63) is 41.6 Å². The molecule has 178 valence electrons. The van der Waals surface area contributed by atoms with Crippen LogP contribution in [0.2, 0.25) is 5.02 Å². The lowest BCUT2D eigenvalue weighted by Crippen LogP contribution is -2.41. The zero-order chi connectivity index (χ0) is 23.0. The maximum atomic E-state index is 12.8. The summed E-state index contributed by atoms with van der Waals surface area (Å²) >= 11 is 6.47. The summed E-state index contributed by atoms with van der Waals surface area (Å²) in [6.07, 6.45) is 5.43. The van der Waals surface area contributed by atoms with Gasteiger partial charge < -0.3 is 15.4 Å². The summed E-state index contributed by atoms with van der Waals surface area (Å²) in [5.74, 6) is 0.854. The van der Waals surface area contributed by atoms with Crippen molar-refractivity contribution in [2.45, 2.75) is 25.7 Å². The molecule has 2 aliphatic heterocycles. The highest BCUT2D eigenvalue weighted by atomic mass is 35.5. The van der Waals surface area contributed by atoms with Crippen LogP contribution in [0.4, 0.5) is 15.9 Å². The number of rotatable bonds is 8. The fraction of sp³-hybridized carbons (Fsp3) is 0.520. The topological polar surface area (TPSA) is 66.5 Å². The van der Waals surface area contributed by atoms with Crippen LogP contribution in [0.15, 0.2) is 36.5 Å². The Morgan fingerprint density at radius 2 is 2.09 bits per heavy atom. The number of carbonyl (C=O) groups is 1. The Morgan fingerprint density at radius 3 is 2.91 bits per heavy atom. The first-order valence-corrected chi connectivity index (χ1v) is 12.2. The number of hydrogen-bond donors (Lipinski definition) is 2. The number of anilines is 2. The lowest BCUT2D eigenvalue weighted by molar-refractivity contribution is -0.121. The molecule has 3 heterocycles. The van der Waals surface area contributed by atoms with Gasteiger partial charge in [0.25, 0.3) is 0 Å². The Hall–Kier alpha value is -2.22. The maximum Gasteiger partial charge on any atom is 0.229 e. The van der Waals surface area contributed by atoms with E-state index in [1.165, 1.54) is 0 Å². The highest BCUT2D eigenvalue weighted by molar-refractivity contribution is 6.33. The molecule has 0 aliphatic carbocycles. The van der Waals surface area contributed by atoms with Crippen LogP contribution in [-0.4, -0.2) is 61.9 Å². The van der Waals surface area contributed by atoms with Crippen molar-refractivity contribution in [3.8, 4) is 11.1 Å². The van der Waals surface area contributed by atoms with Crippen LogP contribution in [0.5, 0.6) is 0 Å². The molecular formula is C25H32ClFN4O2. The molecule has 2 aromatic rings. The van der Waals surface area contributed by atoms with Gasteiger partial charge in [0.1, 0.15) is 12.5 Å². The van der Waals surface area contributed by atoms with Crippen molar-refractivity contribution in [3.63, 3.8) is 0 Å². The minimum Gasteiger partial charge on any atom is -0.385 e. The smallest absolute Gasteiger partial charge is 0.229 e. The van der Waals surface area contributed by atoms with Gasteiger partial charge in [0.15, 0.2) is 0 Å². The Labute approximate surface area is 199 Å². The van der Waals surface area contributed by atoms with E-state index in [1.54, 1.807) is 6.20 Å². The number of hydrogen-bond acceptors (Lipinski definition) is 5. The summed E-state index contributed by atoms with van der Waals surface area (Å²) in [5.41, 5.74) is 2.81. The first kappa shape index (κ1) is 23.9. The predicted octanol–water partition coefficient (Wildman–Crippen LogP) is 4.86. The molecule has 2 fully saturated rings. The first-order valence-electron chi connectivity index (χ1n) is 11.8. The monoisotopic (exact) mass is 474 g/mol. The summed E-state index contributed by atoms with van der Waals surface area (Å²) in [6, 6.07) is 9.94. The fourth-order valence-electron chi connectivity index (χ4n) is 4.56. The summed E-state index contributed by atoms with van der Waals surface area (Å²) in [5, 5.41) is 7.00. The Morgan fingerprint density at radius 1 is 1.24 bits per heavy atom. The van der Waals surface area contributed by atoms with E-state index < -0.39 is 0 Å². The molecule has 6 nitrogen and oxygen atoms in total. The molecule has 4 rings (SSSR count). The van der Waals surface area contributed by atoms with Crippen LogP contribution in [0.25, 0.3) is 11.1 Å². The Bertz CT molecular complexity index is 936. The largest absolute Gasteiger partial charge is 0.385 e. The molecule has 1 amide bonds. The zero-order valence-corrected chi connectivity index (χ0v) is 19.6. The molecule has 1 unspecified atom stereocenters. The third kappa shape index (κ3) is 6.65.